The Morgan fingerprint density at radius 1 is 1.23 bits per heavy atom. The molecule has 0 saturated heterocycles. The van der Waals surface area contributed by atoms with Gasteiger partial charge >= 0.3 is 0 Å². The second-order valence-electron chi connectivity index (χ2n) is 5.17. The van der Waals surface area contributed by atoms with E-state index in [0.717, 1.165) is 10.6 Å². The van der Waals surface area contributed by atoms with E-state index in [0.29, 0.717) is 10.7 Å². The molecule has 0 amide bonds. The molecule has 0 fully saturated rings. The molecule has 0 unspecified atom stereocenters. The van der Waals surface area contributed by atoms with E-state index in [9.17, 15) is 14.3 Å². The van der Waals surface area contributed by atoms with Crippen molar-refractivity contribution in [3.05, 3.63) is 79.0 Å². The second kappa shape index (κ2) is 7.41. The van der Waals surface area contributed by atoms with Crippen LogP contribution < -0.4 is 5.56 Å². The van der Waals surface area contributed by atoms with Crippen molar-refractivity contribution < 1.29 is 9.50 Å². The standard InChI is InChI=1S/C17H10Cl2FN3O2S/c18-9-2-1-3-10(6-9)21-8-12-15(24)22-17(26)23(16(12)25)11-4-5-14(20)13(19)7-11/h1-8,25H,(H,22,24,26). The van der Waals surface area contributed by atoms with Gasteiger partial charge in [0.15, 0.2) is 4.77 Å². The molecule has 0 saturated carbocycles. The lowest BCUT2D eigenvalue weighted by atomic mass is 10.2. The number of hydrogen-bond donors (Lipinski definition) is 2. The fourth-order valence-electron chi connectivity index (χ4n) is 2.21. The van der Waals surface area contributed by atoms with Gasteiger partial charge in [-0.1, -0.05) is 29.3 Å². The lowest BCUT2D eigenvalue weighted by Crippen LogP contribution is -2.18. The van der Waals surface area contributed by atoms with Crippen molar-refractivity contribution in [3.63, 3.8) is 0 Å². The van der Waals surface area contributed by atoms with Crippen LogP contribution in [0.25, 0.3) is 5.69 Å². The summed E-state index contributed by atoms with van der Waals surface area (Å²) in [5, 5.41) is 10.9. The first kappa shape index (κ1) is 18.3. The van der Waals surface area contributed by atoms with Gasteiger partial charge in [-0.3, -0.25) is 19.3 Å². The smallest absolute Gasteiger partial charge is 0.264 e. The SMILES string of the molecule is O=c1[nH]c(=S)n(-c2ccc(F)c(Cl)c2)c(O)c1C=Nc1cccc(Cl)c1. The number of hydrogen-bond acceptors (Lipinski definition) is 4. The van der Waals surface area contributed by atoms with Crippen LogP contribution in [0.5, 0.6) is 5.88 Å². The molecule has 3 rings (SSSR count). The Kier molecular flexibility index (Phi) is 5.22. The summed E-state index contributed by atoms with van der Waals surface area (Å²) in [6.45, 7) is 0. The van der Waals surface area contributed by atoms with Crippen molar-refractivity contribution in [1.82, 2.24) is 9.55 Å². The van der Waals surface area contributed by atoms with E-state index in [-0.39, 0.29) is 21.0 Å². The van der Waals surface area contributed by atoms with Gasteiger partial charge in [0, 0.05) is 11.2 Å². The van der Waals surface area contributed by atoms with E-state index in [1.807, 2.05) is 0 Å². The molecule has 0 aliphatic carbocycles. The molecule has 5 nitrogen and oxygen atoms in total. The molecule has 3 aromatic rings. The Labute approximate surface area is 162 Å². The largest absolute Gasteiger partial charge is 0.494 e. The zero-order valence-electron chi connectivity index (χ0n) is 12.9. The molecule has 0 atom stereocenters. The van der Waals surface area contributed by atoms with Crippen LogP contribution in [-0.4, -0.2) is 20.9 Å². The number of aromatic amines is 1. The summed E-state index contributed by atoms with van der Waals surface area (Å²) in [6, 6.07) is 10.4. The Morgan fingerprint density at radius 2 is 2.00 bits per heavy atom. The van der Waals surface area contributed by atoms with Gasteiger partial charge in [0.25, 0.3) is 5.56 Å². The molecule has 2 N–H and O–H groups in total. The number of aromatic nitrogens is 2. The van der Waals surface area contributed by atoms with Gasteiger partial charge in [-0.15, -0.1) is 0 Å². The summed E-state index contributed by atoms with van der Waals surface area (Å²) in [5.74, 6) is -1.07. The van der Waals surface area contributed by atoms with Crippen molar-refractivity contribution >= 4 is 47.3 Å². The molecule has 9 heteroatoms. The van der Waals surface area contributed by atoms with Gasteiger partial charge in [-0.2, -0.15) is 0 Å². The molecule has 26 heavy (non-hydrogen) atoms. The van der Waals surface area contributed by atoms with E-state index in [1.165, 1.54) is 18.3 Å². The molecule has 132 valence electrons. The number of benzene rings is 2. The molecule has 0 radical (unpaired) electrons. The van der Waals surface area contributed by atoms with Crippen molar-refractivity contribution in [2.24, 2.45) is 4.99 Å². The Bertz CT molecular complexity index is 1140. The van der Waals surface area contributed by atoms with Gasteiger partial charge in [-0.05, 0) is 48.6 Å². The first-order valence-corrected chi connectivity index (χ1v) is 8.36. The molecular formula is C17H10Cl2FN3O2S. The number of nitrogens with one attached hydrogen (secondary N) is 1. The van der Waals surface area contributed by atoms with Crippen molar-refractivity contribution in [2.75, 3.05) is 0 Å². The lowest BCUT2D eigenvalue weighted by molar-refractivity contribution is 0.432. The van der Waals surface area contributed by atoms with Crippen LogP contribution in [-0.2, 0) is 0 Å². The van der Waals surface area contributed by atoms with Crippen molar-refractivity contribution in [2.45, 2.75) is 0 Å². The van der Waals surface area contributed by atoms with Crippen LogP contribution >= 0.6 is 35.4 Å². The Hall–Kier alpha value is -2.48. The maximum absolute atomic E-state index is 13.4. The van der Waals surface area contributed by atoms with Gasteiger partial charge in [0.1, 0.15) is 11.4 Å². The maximum atomic E-state index is 13.4. The third kappa shape index (κ3) is 3.70. The van der Waals surface area contributed by atoms with Crippen LogP contribution in [0.3, 0.4) is 0 Å². The Balaban J connectivity index is 2.14. The second-order valence-corrected chi connectivity index (χ2v) is 6.40. The summed E-state index contributed by atoms with van der Waals surface area (Å²) in [5.41, 5.74) is 0.0319. The van der Waals surface area contributed by atoms with E-state index in [4.69, 9.17) is 35.4 Å². The van der Waals surface area contributed by atoms with E-state index in [2.05, 4.69) is 9.98 Å². The third-order valence-corrected chi connectivity index (χ3v) is 4.24. The summed E-state index contributed by atoms with van der Waals surface area (Å²) in [6.07, 6.45) is 1.19. The first-order chi connectivity index (χ1) is 12.4. The molecule has 0 aliphatic heterocycles. The van der Waals surface area contributed by atoms with Gasteiger partial charge in [0.05, 0.1) is 16.4 Å². The highest BCUT2D eigenvalue weighted by atomic mass is 35.5. The summed E-state index contributed by atoms with van der Waals surface area (Å²) in [4.78, 5) is 18.7. The minimum Gasteiger partial charge on any atom is -0.494 e. The molecule has 0 spiro atoms. The molecule has 0 aliphatic rings. The zero-order valence-corrected chi connectivity index (χ0v) is 15.2. The highest BCUT2D eigenvalue weighted by molar-refractivity contribution is 7.71. The topological polar surface area (TPSA) is 70.4 Å². The number of aromatic hydroxyl groups is 1. The third-order valence-electron chi connectivity index (χ3n) is 3.43. The van der Waals surface area contributed by atoms with Gasteiger partial charge < -0.3 is 5.11 Å². The van der Waals surface area contributed by atoms with Crippen LogP contribution in [0, 0.1) is 10.6 Å². The fraction of sp³-hybridized carbons (Fsp3) is 0. The van der Waals surface area contributed by atoms with Gasteiger partial charge in [-0.25, -0.2) is 4.39 Å². The Morgan fingerprint density at radius 3 is 2.69 bits per heavy atom. The van der Waals surface area contributed by atoms with Crippen molar-refractivity contribution in [3.8, 4) is 11.6 Å². The number of rotatable bonds is 3. The lowest BCUT2D eigenvalue weighted by Gasteiger charge is -2.11. The number of halogens is 3. The summed E-state index contributed by atoms with van der Waals surface area (Å²) in [7, 11) is 0. The number of aliphatic imine (C=N–C) groups is 1. The monoisotopic (exact) mass is 409 g/mol. The fourth-order valence-corrected chi connectivity index (χ4v) is 2.86. The van der Waals surface area contributed by atoms with E-state index < -0.39 is 17.3 Å². The average molecular weight is 410 g/mol. The number of H-pyrrole nitrogens is 1. The summed E-state index contributed by atoms with van der Waals surface area (Å²) >= 11 is 16.8. The zero-order chi connectivity index (χ0) is 18.8. The molecule has 0 bridgehead atoms. The van der Waals surface area contributed by atoms with Crippen LogP contribution in [0.15, 0.2) is 52.3 Å². The summed E-state index contributed by atoms with van der Waals surface area (Å²) < 4.78 is 14.5. The van der Waals surface area contributed by atoms with E-state index >= 15 is 0 Å². The number of nitrogens with zero attached hydrogens (tertiary/aromatic N) is 2. The molecule has 1 heterocycles. The molecule has 1 aromatic heterocycles. The minimum atomic E-state index is -0.622. The quantitative estimate of drug-likeness (QED) is 0.482. The predicted octanol–water partition coefficient (Wildman–Crippen LogP) is 4.80. The van der Waals surface area contributed by atoms with Crippen LogP contribution in [0.4, 0.5) is 10.1 Å². The molecular weight excluding hydrogens is 400 g/mol. The van der Waals surface area contributed by atoms with Crippen LogP contribution in [0.2, 0.25) is 10.0 Å². The highest BCUT2D eigenvalue weighted by Gasteiger charge is 2.13. The predicted molar refractivity (Wildman–Crippen MR) is 103 cm³/mol. The first-order valence-electron chi connectivity index (χ1n) is 7.20. The minimum absolute atomic E-state index is 0.0740. The van der Waals surface area contributed by atoms with E-state index in [1.54, 1.807) is 24.3 Å². The van der Waals surface area contributed by atoms with Crippen molar-refractivity contribution in [1.29, 1.82) is 0 Å². The molecule has 2 aromatic carbocycles. The highest BCUT2D eigenvalue weighted by Crippen LogP contribution is 2.24. The normalized spacial score (nSPS) is 11.2. The average Bonchev–Trinajstić information content (AvgIpc) is 2.57. The maximum Gasteiger partial charge on any atom is 0.264 e. The van der Waals surface area contributed by atoms with Gasteiger partial charge in [0.2, 0.25) is 5.88 Å². The van der Waals surface area contributed by atoms with Crippen LogP contribution in [0.1, 0.15) is 5.56 Å².